The van der Waals surface area contributed by atoms with Crippen molar-refractivity contribution in [3.8, 4) is 5.75 Å². The maximum absolute atomic E-state index is 11.2. The first-order chi connectivity index (χ1) is 6.27. The van der Waals surface area contributed by atoms with Gasteiger partial charge in [0.05, 0.1) is 0 Å². The van der Waals surface area contributed by atoms with E-state index in [-0.39, 0.29) is 0 Å². The average Bonchev–Trinajstić information content (AvgIpc) is 2.18. The topological polar surface area (TPSA) is 26.3 Å². The molecule has 0 bridgehead atoms. The van der Waals surface area contributed by atoms with Crippen molar-refractivity contribution < 1.29 is 9.09 Å². The zero-order valence-corrected chi connectivity index (χ0v) is 8.88. The molecule has 70 valence electrons. The highest BCUT2D eigenvalue weighted by Gasteiger charge is 2.16. The van der Waals surface area contributed by atoms with Crippen LogP contribution in [0, 0.1) is 0 Å². The minimum atomic E-state index is -1.53. The molecule has 0 amide bonds. The summed E-state index contributed by atoms with van der Waals surface area (Å²) in [5.74, 6) is 0.757. The summed E-state index contributed by atoms with van der Waals surface area (Å²) in [6.45, 7) is 3.91. The summed E-state index contributed by atoms with van der Waals surface area (Å²) in [7, 11) is -1.53. The fourth-order valence-corrected chi connectivity index (χ4v) is 1.59. The normalized spacial score (nSPS) is 11.1. The molecule has 1 rings (SSSR count). The van der Waals surface area contributed by atoms with Gasteiger partial charge in [0.15, 0.2) is 11.9 Å². The van der Waals surface area contributed by atoms with Crippen LogP contribution in [0.25, 0.3) is 0 Å². The predicted molar refractivity (Wildman–Crippen MR) is 54.6 cm³/mol. The van der Waals surface area contributed by atoms with E-state index in [1.165, 1.54) is 0 Å². The standard InChI is InChI=1S/C10H14O2P/c1-3-9-7-5-6-8-10(9)12-13(11)4-2/h5-8H,3-4H2,1-2H3/q+1. The van der Waals surface area contributed by atoms with Gasteiger partial charge < -0.3 is 0 Å². The number of hydrogen-bond acceptors (Lipinski definition) is 2. The van der Waals surface area contributed by atoms with Crippen LogP contribution in [0.15, 0.2) is 24.3 Å². The quantitative estimate of drug-likeness (QED) is 0.691. The van der Waals surface area contributed by atoms with E-state index >= 15 is 0 Å². The number of rotatable bonds is 4. The summed E-state index contributed by atoms with van der Waals surface area (Å²) in [5.41, 5.74) is 1.11. The Bertz CT molecular complexity index is 297. The Morgan fingerprint density at radius 3 is 2.62 bits per heavy atom. The molecule has 13 heavy (non-hydrogen) atoms. The van der Waals surface area contributed by atoms with Crippen molar-refractivity contribution in [1.29, 1.82) is 0 Å². The molecule has 0 saturated carbocycles. The second-order valence-corrected chi connectivity index (χ2v) is 4.18. The minimum Gasteiger partial charge on any atom is -0.254 e. The monoisotopic (exact) mass is 197 g/mol. The third-order valence-corrected chi connectivity index (χ3v) is 2.73. The van der Waals surface area contributed by atoms with Gasteiger partial charge in [-0.1, -0.05) is 25.1 Å². The summed E-state index contributed by atoms with van der Waals surface area (Å²) >= 11 is 0. The molecule has 3 heteroatoms. The summed E-state index contributed by atoms with van der Waals surface area (Å²) in [5, 5.41) is 0. The first kappa shape index (κ1) is 10.2. The maximum atomic E-state index is 11.2. The molecule has 0 radical (unpaired) electrons. The van der Waals surface area contributed by atoms with Crippen molar-refractivity contribution in [2.75, 3.05) is 6.16 Å². The van der Waals surface area contributed by atoms with Gasteiger partial charge in [0.2, 0.25) is 0 Å². The Morgan fingerprint density at radius 1 is 1.31 bits per heavy atom. The number of benzene rings is 1. The van der Waals surface area contributed by atoms with Gasteiger partial charge in [0.25, 0.3) is 0 Å². The Kier molecular flexibility index (Phi) is 3.91. The van der Waals surface area contributed by atoms with Crippen LogP contribution in [0.1, 0.15) is 19.4 Å². The SMILES string of the molecule is CCc1ccccc1O[P+](=O)CC. The Hall–Kier alpha value is -0.880. The van der Waals surface area contributed by atoms with Crippen molar-refractivity contribution in [1.82, 2.24) is 0 Å². The van der Waals surface area contributed by atoms with Crippen LogP contribution < -0.4 is 4.52 Å². The van der Waals surface area contributed by atoms with Crippen LogP contribution in [0.3, 0.4) is 0 Å². The van der Waals surface area contributed by atoms with Crippen LogP contribution in [0.2, 0.25) is 0 Å². The van der Waals surface area contributed by atoms with Crippen LogP contribution in [-0.4, -0.2) is 6.16 Å². The number of hydrogen-bond donors (Lipinski definition) is 0. The molecule has 0 aliphatic heterocycles. The maximum Gasteiger partial charge on any atom is 0.555 e. The van der Waals surface area contributed by atoms with Crippen LogP contribution >= 0.6 is 8.03 Å². The van der Waals surface area contributed by atoms with Gasteiger partial charge in [-0.05, 0) is 29.5 Å². The second kappa shape index (κ2) is 4.98. The van der Waals surface area contributed by atoms with Crippen molar-refractivity contribution in [3.05, 3.63) is 29.8 Å². The fraction of sp³-hybridized carbons (Fsp3) is 0.400. The molecule has 1 unspecified atom stereocenters. The second-order valence-electron chi connectivity index (χ2n) is 2.70. The van der Waals surface area contributed by atoms with E-state index in [2.05, 4.69) is 6.92 Å². The van der Waals surface area contributed by atoms with E-state index in [4.69, 9.17) is 4.52 Å². The van der Waals surface area contributed by atoms with Gasteiger partial charge in [-0.2, -0.15) is 0 Å². The lowest BCUT2D eigenvalue weighted by molar-refractivity contribution is 0.503. The molecule has 2 nitrogen and oxygen atoms in total. The van der Waals surface area contributed by atoms with Gasteiger partial charge >= 0.3 is 8.03 Å². The number of aryl methyl sites for hydroxylation is 1. The predicted octanol–water partition coefficient (Wildman–Crippen LogP) is 3.39. The van der Waals surface area contributed by atoms with E-state index in [0.29, 0.717) is 6.16 Å². The van der Waals surface area contributed by atoms with Crippen molar-refractivity contribution >= 4 is 8.03 Å². The van der Waals surface area contributed by atoms with Gasteiger partial charge in [-0.25, -0.2) is 0 Å². The van der Waals surface area contributed by atoms with Gasteiger partial charge in [-0.15, -0.1) is 0 Å². The minimum absolute atomic E-state index is 0.563. The largest absolute Gasteiger partial charge is 0.555 e. The number of para-hydroxylation sites is 1. The molecule has 1 atom stereocenters. The van der Waals surface area contributed by atoms with Crippen molar-refractivity contribution in [2.45, 2.75) is 20.3 Å². The molecule has 0 spiro atoms. The zero-order valence-electron chi connectivity index (χ0n) is 7.99. The first-order valence-corrected chi connectivity index (χ1v) is 5.84. The third-order valence-electron chi connectivity index (χ3n) is 1.81. The van der Waals surface area contributed by atoms with E-state index < -0.39 is 8.03 Å². The highest BCUT2D eigenvalue weighted by Crippen LogP contribution is 2.29. The van der Waals surface area contributed by atoms with Gasteiger partial charge in [-0.3, -0.25) is 4.52 Å². The molecular weight excluding hydrogens is 183 g/mol. The molecule has 0 heterocycles. The molecule has 1 aromatic rings. The molecule has 0 aliphatic carbocycles. The molecule has 0 saturated heterocycles. The average molecular weight is 197 g/mol. The molecule has 0 fully saturated rings. The smallest absolute Gasteiger partial charge is 0.254 e. The van der Waals surface area contributed by atoms with E-state index in [1.54, 1.807) is 0 Å². The highest BCUT2D eigenvalue weighted by molar-refractivity contribution is 7.39. The summed E-state index contributed by atoms with van der Waals surface area (Å²) < 4.78 is 16.5. The Labute approximate surface area is 79.8 Å². The Morgan fingerprint density at radius 2 is 2.00 bits per heavy atom. The van der Waals surface area contributed by atoms with Gasteiger partial charge in [0.1, 0.15) is 0 Å². The molecule has 1 aromatic carbocycles. The van der Waals surface area contributed by atoms with Gasteiger partial charge in [0, 0.05) is 0 Å². The van der Waals surface area contributed by atoms with Crippen molar-refractivity contribution in [2.24, 2.45) is 0 Å². The van der Waals surface area contributed by atoms with E-state index in [9.17, 15) is 4.57 Å². The molecule has 0 aliphatic rings. The third kappa shape index (κ3) is 2.82. The lowest BCUT2D eigenvalue weighted by Crippen LogP contribution is -1.88. The Balaban J connectivity index is 2.81. The lowest BCUT2D eigenvalue weighted by Gasteiger charge is -1.99. The van der Waals surface area contributed by atoms with E-state index in [0.717, 1.165) is 17.7 Å². The molecular formula is C10H14O2P+. The van der Waals surface area contributed by atoms with E-state index in [1.807, 2.05) is 31.2 Å². The lowest BCUT2D eigenvalue weighted by atomic mass is 10.1. The highest BCUT2D eigenvalue weighted by atomic mass is 31.1. The van der Waals surface area contributed by atoms with Crippen LogP contribution in [0.5, 0.6) is 5.75 Å². The van der Waals surface area contributed by atoms with Crippen molar-refractivity contribution in [3.63, 3.8) is 0 Å². The zero-order chi connectivity index (χ0) is 9.68. The van der Waals surface area contributed by atoms with Crippen LogP contribution in [0.4, 0.5) is 0 Å². The van der Waals surface area contributed by atoms with Crippen LogP contribution in [-0.2, 0) is 11.0 Å². The first-order valence-electron chi connectivity index (χ1n) is 4.48. The summed E-state index contributed by atoms with van der Waals surface area (Å²) in [6.07, 6.45) is 1.47. The summed E-state index contributed by atoms with van der Waals surface area (Å²) in [4.78, 5) is 0. The summed E-state index contributed by atoms with van der Waals surface area (Å²) in [6, 6.07) is 7.72. The molecule has 0 N–H and O–H groups in total. The fourth-order valence-electron chi connectivity index (χ4n) is 1.06. The molecule has 0 aromatic heterocycles.